The first kappa shape index (κ1) is 12.8. The van der Waals surface area contributed by atoms with Gasteiger partial charge in [-0.1, -0.05) is 0 Å². The van der Waals surface area contributed by atoms with Gasteiger partial charge in [0.2, 0.25) is 0 Å². The molecule has 1 saturated heterocycles. The van der Waals surface area contributed by atoms with Crippen molar-refractivity contribution in [1.29, 1.82) is 0 Å². The first-order valence-corrected chi connectivity index (χ1v) is 9.91. The second kappa shape index (κ2) is 9.85. The largest absolute Gasteiger partial charge is 0.394 e. The Hall–Kier alpha value is 0.763. The van der Waals surface area contributed by atoms with Crippen LogP contribution in [0.1, 0.15) is 19.3 Å². The molecule has 0 atom stereocenters. The second-order valence-corrected chi connectivity index (χ2v) is 8.66. The Kier molecular flexibility index (Phi) is 10.5. The summed E-state index contributed by atoms with van der Waals surface area (Å²) in [4.78, 5) is 0. The molecule has 74 valence electrons. The van der Waals surface area contributed by atoms with Gasteiger partial charge in [0.25, 0.3) is 0 Å². The van der Waals surface area contributed by atoms with Crippen LogP contribution in [0, 0.1) is 0 Å². The van der Waals surface area contributed by atoms with Crippen LogP contribution in [0.15, 0.2) is 0 Å². The normalized spacial score (nSPS) is 17.0. The molecule has 0 radical (unpaired) electrons. The van der Waals surface area contributed by atoms with E-state index in [0.29, 0.717) is 0 Å². The first-order chi connectivity index (χ1) is 5.81. The van der Waals surface area contributed by atoms with Crippen LogP contribution in [0.3, 0.4) is 0 Å². The predicted octanol–water partition coefficient (Wildman–Crippen LogP) is -0.225. The molecule has 0 aromatic carbocycles. The molecule has 0 saturated carbocycles. The van der Waals surface area contributed by atoms with Crippen molar-refractivity contribution in [2.45, 2.75) is 33.6 Å². The SMILES string of the molecule is C1C[CH2][BiH][CH2]C1.OCC(O)CO. The van der Waals surface area contributed by atoms with E-state index in [1.54, 1.807) is 27.5 Å². The van der Waals surface area contributed by atoms with Crippen LogP contribution in [0.2, 0.25) is 8.26 Å². The van der Waals surface area contributed by atoms with E-state index >= 15 is 0 Å². The fourth-order valence-corrected chi connectivity index (χ4v) is 5.72. The van der Waals surface area contributed by atoms with E-state index in [1.165, 1.54) is 0 Å². The maximum absolute atomic E-state index is 8.17. The van der Waals surface area contributed by atoms with Crippen LogP contribution in [0.5, 0.6) is 0 Å². The molecule has 12 heavy (non-hydrogen) atoms. The standard InChI is InChI=1S/C5H10.C3H8O3.Bi.H/c1-3-5-4-2;4-1-3(6)2-5;;/h1-5H2;3-6H,1-2H2;;. The van der Waals surface area contributed by atoms with E-state index in [2.05, 4.69) is 0 Å². The van der Waals surface area contributed by atoms with Crippen LogP contribution >= 0.6 is 0 Å². The van der Waals surface area contributed by atoms with Gasteiger partial charge in [-0.25, -0.2) is 0 Å². The van der Waals surface area contributed by atoms with E-state index in [4.69, 9.17) is 15.3 Å². The van der Waals surface area contributed by atoms with E-state index in [-0.39, 0.29) is 36.4 Å². The van der Waals surface area contributed by atoms with Crippen molar-refractivity contribution in [3.63, 3.8) is 0 Å². The summed E-state index contributed by atoms with van der Waals surface area (Å²) in [6, 6.07) is 0. The number of hydrogen-bond donors (Lipinski definition) is 3. The summed E-state index contributed by atoms with van der Waals surface area (Å²) in [6.07, 6.45) is 3.77. The summed E-state index contributed by atoms with van der Waals surface area (Å²) < 4.78 is 3.39. The smallest absolute Gasteiger partial charge is 0.100 e. The van der Waals surface area contributed by atoms with Crippen LogP contribution in [-0.4, -0.2) is 57.9 Å². The zero-order valence-electron chi connectivity index (χ0n) is 7.37. The molecule has 1 aliphatic rings. The van der Waals surface area contributed by atoms with Crippen molar-refractivity contribution in [2.24, 2.45) is 0 Å². The molecule has 1 aliphatic heterocycles. The number of rotatable bonds is 2. The Balaban J connectivity index is 0.000000202. The fraction of sp³-hybridized carbons (Fsp3) is 1.00. The third kappa shape index (κ3) is 8.86. The topological polar surface area (TPSA) is 60.7 Å². The van der Waals surface area contributed by atoms with Crippen molar-refractivity contribution < 1.29 is 15.3 Å². The molecular weight excluding hydrogens is 353 g/mol. The van der Waals surface area contributed by atoms with Gasteiger partial charge in [-0.05, 0) is 0 Å². The molecule has 0 aromatic rings. The molecule has 0 amide bonds. The Morgan fingerprint density at radius 1 is 1.00 bits per heavy atom. The van der Waals surface area contributed by atoms with Gasteiger partial charge in [-0.2, -0.15) is 0 Å². The monoisotopic (exact) mass is 372 g/mol. The fourth-order valence-electron chi connectivity index (χ4n) is 0.860. The summed E-state index contributed by atoms with van der Waals surface area (Å²) in [5.74, 6) is 0. The first-order valence-electron chi connectivity index (χ1n) is 4.41. The summed E-state index contributed by atoms with van der Waals surface area (Å²) in [7, 11) is 0. The van der Waals surface area contributed by atoms with Gasteiger partial charge in [0.1, 0.15) is 6.10 Å². The summed E-state index contributed by atoms with van der Waals surface area (Å²) in [6.45, 7) is -0.729. The Labute approximate surface area is 85.4 Å². The van der Waals surface area contributed by atoms with Crippen molar-refractivity contribution in [3.05, 3.63) is 0 Å². The zero-order chi connectivity index (χ0) is 9.23. The van der Waals surface area contributed by atoms with Gasteiger partial charge >= 0.3 is 50.8 Å². The third-order valence-electron chi connectivity index (χ3n) is 1.63. The van der Waals surface area contributed by atoms with Gasteiger partial charge in [0, 0.05) is 0 Å². The number of aliphatic hydroxyl groups is 3. The minimum Gasteiger partial charge on any atom is -0.394 e. The minimum absolute atomic E-state index is 0.112. The Bertz CT molecular complexity index is 70.9. The van der Waals surface area contributed by atoms with Crippen molar-refractivity contribution >= 4 is 23.2 Å². The molecule has 0 aromatic heterocycles. The van der Waals surface area contributed by atoms with Gasteiger partial charge < -0.3 is 15.3 Å². The van der Waals surface area contributed by atoms with Crippen LogP contribution < -0.4 is 0 Å². The average Bonchev–Trinajstić information content (AvgIpc) is 2.20. The van der Waals surface area contributed by atoms with Crippen LogP contribution in [-0.2, 0) is 0 Å². The summed E-state index contributed by atoms with van der Waals surface area (Å²) in [5.41, 5.74) is 0. The molecule has 1 heterocycles. The van der Waals surface area contributed by atoms with Crippen molar-refractivity contribution in [2.75, 3.05) is 13.2 Å². The average molecular weight is 372 g/mol. The molecular formula is C8H19BiO3. The van der Waals surface area contributed by atoms with E-state index in [0.717, 1.165) is 0 Å². The van der Waals surface area contributed by atoms with Gasteiger partial charge in [0.15, 0.2) is 0 Å². The van der Waals surface area contributed by atoms with Crippen molar-refractivity contribution in [3.8, 4) is 0 Å². The van der Waals surface area contributed by atoms with E-state index < -0.39 is 6.10 Å². The molecule has 3 nitrogen and oxygen atoms in total. The third-order valence-corrected chi connectivity index (χ3v) is 7.13. The van der Waals surface area contributed by atoms with Gasteiger partial charge in [-0.15, -0.1) is 0 Å². The molecule has 4 heteroatoms. The van der Waals surface area contributed by atoms with Crippen LogP contribution in [0.25, 0.3) is 0 Å². The van der Waals surface area contributed by atoms with Gasteiger partial charge in [0.05, 0.1) is 13.2 Å². The summed E-state index contributed by atoms with van der Waals surface area (Å²) >= 11 is 0.112. The quantitative estimate of drug-likeness (QED) is 0.588. The Morgan fingerprint density at radius 3 is 1.58 bits per heavy atom. The van der Waals surface area contributed by atoms with Gasteiger partial charge in [-0.3, -0.25) is 0 Å². The molecule has 3 N–H and O–H groups in total. The van der Waals surface area contributed by atoms with E-state index in [9.17, 15) is 0 Å². The Morgan fingerprint density at radius 2 is 1.50 bits per heavy atom. The molecule has 0 bridgehead atoms. The van der Waals surface area contributed by atoms with Crippen molar-refractivity contribution in [1.82, 2.24) is 0 Å². The molecule has 0 unspecified atom stereocenters. The molecule has 1 fully saturated rings. The van der Waals surface area contributed by atoms with Crippen LogP contribution in [0.4, 0.5) is 0 Å². The number of aliphatic hydroxyl groups excluding tert-OH is 3. The molecule has 0 aliphatic carbocycles. The predicted molar refractivity (Wildman–Crippen MR) is 50.8 cm³/mol. The second-order valence-electron chi connectivity index (χ2n) is 2.83. The maximum atomic E-state index is 8.17. The maximum Gasteiger partial charge on any atom is 0.100 e. The molecule has 0 spiro atoms. The minimum atomic E-state index is -0.954. The number of hydrogen-bond acceptors (Lipinski definition) is 3. The molecule has 1 rings (SSSR count). The summed E-state index contributed by atoms with van der Waals surface area (Å²) in [5, 5.41) is 24.0. The van der Waals surface area contributed by atoms with E-state index in [1.807, 2.05) is 0 Å². The zero-order valence-corrected chi connectivity index (χ0v) is 11.3.